The van der Waals surface area contributed by atoms with Crippen molar-refractivity contribution in [2.75, 3.05) is 0 Å². The summed E-state index contributed by atoms with van der Waals surface area (Å²) in [7, 11) is 0. The molecule has 0 amide bonds. The lowest BCUT2D eigenvalue weighted by atomic mass is 9.61. The van der Waals surface area contributed by atoms with Crippen LogP contribution in [0.15, 0.2) is 12.1 Å². The van der Waals surface area contributed by atoms with Gasteiger partial charge in [0.2, 0.25) is 0 Å². The molecule has 1 unspecified atom stereocenters. The van der Waals surface area contributed by atoms with Crippen LogP contribution in [-0.2, 0) is 6.42 Å². The quantitative estimate of drug-likeness (QED) is 0.774. The standard InChI is InChI=1S/C19H26O2/c1-5-6-12-9-15-17-13-11-19(4,21-16(17)10-12)8-7-14(13)18(2,3)20-15/h9-10,13-14H,5-8,11H2,1-4H3/t13-,14?,19-/m0/s1. The third-order valence-corrected chi connectivity index (χ3v) is 5.82. The predicted octanol–water partition coefficient (Wildman–Crippen LogP) is 4.84. The zero-order valence-electron chi connectivity index (χ0n) is 13.7. The van der Waals surface area contributed by atoms with Crippen molar-refractivity contribution in [1.29, 1.82) is 0 Å². The Hall–Kier alpha value is -1.18. The molecule has 3 aliphatic rings. The molecule has 2 heteroatoms. The Bertz CT molecular complexity index is 572. The van der Waals surface area contributed by atoms with Crippen molar-refractivity contribution in [3.05, 3.63) is 23.3 Å². The molecule has 0 spiro atoms. The van der Waals surface area contributed by atoms with Gasteiger partial charge in [-0.15, -0.1) is 0 Å². The third kappa shape index (κ3) is 1.91. The van der Waals surface area contributed by atoms with Gasteiger partial charge in [-0.3, -0.25) is 0 Å². The summed E-state index contributed by atoms with van der Waals surface area (Å²) < 4.78 is 12.9. The molecule has 2 heterocycles. The molecule has 2 nitrogen and oxygen atoms in total. The maximum absolute atomic E-state index is 6.43. The summed E-state index contributed by atoms with van der Waals surface area (Å²) in [5.41, 5.74) is 2.68. The lowest BCUT2D eigenvalue weighted by Crippen LogP contribution is -2.53. The first-order valence-electron chi connectivity index (χ1n) is 8.47. The van der Waals surface area contributed by atoms with Gasteiger partial charge in [-0.05, 0) is 64.2 Å². The van der Waals surface area contributed by atoms with E-state index in [0.717, 1.165) is 37.2 Å². The second-order valence-corrected chi connectivity index (χ2v) is 7.97. The first kappa shape index (κ1) is 13.5. The van der Waals surface area contributed by atoms with Gasteiger partial charge in [0, 0.05) is 17.4 Å². The topological polar surface area (TPSA) is 18.5 Å². The van der Waals surface area contributed by atoms with E-state index >= 15 is 0 Å². The minimum absolute atomic E-state index is 0.0314. The Morgan fingerprint density at radius 2 is 1.86 bits per heavy atom. The van der Waals surface area contributed by atoms with Gasteiger partial charge in [0.05, 0.1) is 0 Å². The highest BCUT2D eigenvalue weighted by Gasteiger charge is 2.54. The minimum atomic E-state index is -0.0571. The molecule has 1 aliphatic carbocycles. The summed E-state index contributed by atoms with van der Waals surface area (Å²) in [5.74, 6) is 3.43. The molecular formula is C19H26O2. The lowest BCUT2D eigenvalue weighted by molar-refractivity contribution is -0.0727. The molecule has 0 saturated heterocycles. The van der Waals surface area contributed by atoms with Crippen LogP contribution < -0.4 is 9.47 Å². The van der Waals surface area contributed by atoms with Crippen LogP contribution in [0.4, 0.5) is 0 Å². The Kier molecular flexibility index (Phi) is 2.68. The summed E-state index contributed by atoms with van der Waals surface area (Å²) in [5, 5.41) is 0. The van der Waals surface area contributed by atoms with Crippen molar-refractivity contribution in [2.24, 2.45) is 5.92 Å². The smallest absolute Gasteiger partial charge is 0.127 e. The molecule has 2 bridgehead atoms. The number of fused-ring (bicyclic) bond motifs is 1. The van der Waals surface area contributed by atoms with E-state index in [1.807, 2.05) is 0 Å². The van der Waals surface area contributed by atoms with Gasteiger partial charge in [0.1, 0.15) is 22.7 Å². The first-order chi connectivity index (χ1) is 9.92. The number of hydrogen-bond acceptors (Lipinski definition) is 2. The van der Waals surface area contributed by atoms with E-state index in [-0.39, 0.29) is 11.2 Å². The Labute approximate surface area is 127 Å². The molecule has 114 valence electrons. The molecule has 1 saturated carbocycles. The molecule has 1 aromatic rings. The van der Waals surface area contributed by atoms with Crippen LogP contribution in [0.2, 0.25) is 0 Å². The van der Waals surface area contributed by atoms with Crippen LogP contribution in [0, 0.1) is 5.92 Å². The summed E-state index contributed by atoms with van der Waals surface area (Å²) in [4.78, 5) is 0. The van der Waals surface area contributed by atoms with Gasteiger partial charge in [0.15, 0.2) is 0 Å². The van der Waals surface area contributed by atoms with Crippen LogP contribution in [0.1, 0.15) is 70.4 Å². The fraction of sp³-hybridized carbons (Fsp3) is 0.684. The highest BCUT2D eigenvalue weighted by molar-refractivity contribution is 5.54. The number of benzene rings is 1. The SMILES string of the molecule is CCCc1cc2c3c(c1)O[C@@]1(C)CCC([C@@H]3C1)C(C)(C)O2. The highest BCUT2D eigenvalue weighted by atomic mass is 16.5. The van der Waals surface area contributed by atoms with Gasteiger partial charge in [-0.2, -0.15) is 0 Å². The number of rotatable bonds is 2. The van der Waals surface area contributed by atoms with Crippen LogP contribution in [0.25, 0.3) is 0 Å². The molecule has 0 radical (unpaired) electrons. The van der Waals surface area contributed by atoms with E-state index < -0.39 is 0 Å². The number of aryl methyl sites for hydroxylation is 1. The van der Waals surface area contributed by atoms with Crippen molar-refractivity contribution in [1.82, 2.24) is 0 Å². The second kappa shape index (κ2) is 4.18. The Balaban J connectivity index is 1.90. The normalized spacial score (nSPS) is 34.9. The van der Waals surface area contributed by atoms with E-state index in [1.165, 1.54) is 17.5 Å². The Morgan fingerprint density at radius 1 is 1.14 bits per heavy atom. The van der Waals surface area contributed by atoms with Gasteiger partial charge in [-0.1, -0.05) is 13.3 Å². The monoisotopic (exact) mass is 286 g/mol. The largest absolute Gasteiger partial charge is 0.487 e. The fourth-order valence-corrected chi connectivity index (χ4v) is 4.85. The second-order valence-electron chi connectivity index (χ2n) is 7.97. The zero-order chi connectivity index (χ0) is 14.8. The van der Waals surface area contributed by atoms with Crippen LogP contribution in [-0.4, -0.2) is 11.2 Å². The van der Waals surface area contributed by atoms with E-state index in [9.17, 15) is 0 Å². The van der Waals surface area contributed by atoms with Gasteiger partial charge in [0.25, 0.3) is 0 Å². The van der Waals surface area contributed by atoms with E-state index in [1.54, 1.807) is 0 Å². The first-order valence-corrected chi connectivity index (χ1v) is 8.47. The summed E-state index contributed by atoms with van der Waals surface area (Å²) >= 11 is 0. The highest BCUT2D eigenvalue weighted by Crippen LogP contribution is 2.60. The average Bonchev–Trinajstić information content (AvgIpc) is 2.35. The van der Waals surface area contributed by atoms with Gasteiger partial charge in [-0.25, -0.2) is 0 Å². The van der Waals surface area contributed by atoms with E-state index in [2.05, 4.69) is 39.8 Å². The molecule has 1 fully saturated rings. The number of hydrogen-bond donors (Lipinski definition) is 0. The Morgan fingerprint density at radius 3 is 2.57 bits per heavy atom. The van der Waals surface area contributed by atoms with Crippen LogP contribution >= 0.6 is 0 Å². The summed E-state index contributed by atoms with van der Waals surface area (Å²) in [6.07, 6.45) is 5.76. The van der Waals surface area contributed by atoms with Crippen molar-refractivity contribution in [3.8, 4) is 11.5 Å². The molecule has 3 atom stereocenters. The molecule has 0 N–H and O–H groups in total. The third-order valence-electron chi connectivity index (χ3n) is 5.82. The van der Waals surface area contributed by atoms with Crippen molar-refractivity contribution in [3.63, 3.8) is 0 Å². The van der Waals surface area contributed by atoms with Crippen molar-refractivity contribution < 1.29 is 9.47 Å². The summed E-state index contributed by atoms with van der Waals surface area (Å²) in [6, 6.07) is 4.54. The molecule has 2 aliphatic heterocycles. The van der Waals surface area contributed by atoms with Crippen LogP contribution in [0.5, 0.6) is 11.5 Å². The molecule has 1 aromatic carbocycles. The minimum Gasteiger partial charge on any atom is -0.487 e. The van der Waals surface area contributed by atoms with Gasteiger partial charge < -0.3 is 9.47 Å². The average molecular weight is 286 g/mol. The molecular weight excluding hydrogens is 260 g/mol. The fourth-order valence-electron chi connectivity index (χ4n) is 4.85. The summed E-state index contributed by atoms with van der Waals surface area (Å²) in [6.45, 7) is 9.05. The van der Waals surface area contributed by atoms with Gasteiger partial charge >= 0.3 is 0 Å². The van der Waals surface area contributed by atoms with Crippen molar-refractivity contribution >= 4 is 0 Å². The molecule has 21 heavy (non-hydrogen) atoms. The van der Waals surface area contributed by atoms with Crippen LogP contribution in [0.3, 0.4) is 0 Å². The molecule has 0 aromatic heterocycles. The molecule has 4 rings (SSSR count). The maximum atomic E-state index is 6.43. The zero-order valence-corrected chi connectivity index (χ0v) is 13.7. The maximum Gasteiger partial charge on any atom is 0.127 e. The van der Waals surface area contributed by atoms with Crippen molar-refractivity contribution in [2.45, 2.75) is 76.9 Å². The van der Waals surface area contributed by atoms with E-state index in [4.69, 9.17) is 9.47 Å². The lowest BCUT2D eigenvalue weighted by Gasteiger charge is -2.55. The number of ether oxygens (including phenoxy) is 2. The van der Waals surface area contributed by atoms with E-state index in [0.29, 0.717) is 11.8 Å². The predicted molar refractivity (Wildman–Crippen MR) is 84.3 cm³/mol.